The number of carbonyl (C=O) groups excluding carboxylic acids is 2. The Hall–Kier alpha value is -2.67. The van der Waals surface area contributed by atoms with Crippen LogP contribution in [-0.4, -0.2) is 60.1 Å². The summed E-state index contributed by atoms with van der Waals surface area (Å²) in [5, 5.41) is 13.2. The second-order valence-corrected chi connectivity index (χ2v) is 19.8. The molecule has 8 atom stereocenters. The summed E-state index contributed by atoms with van der Waals surface area (Å²) in [6, 6.07) is 6.38. The molecule has 1 aliphatic heterocycles. The number of allylic oxidation sites excluding steroid dienone is 2. The topological polar surface area (TPSA) is 95.9 Å². The third kappa shape index (κ3) is 5.73. The van der Waals surface area contributed by atoms with Crippen LogP contribution in [0.2, 0.25) is 0 Å². The highest BCUT2D eigenvalue weighted by Gasteiger charge is 2.69. The Morgan fingerprint density at radius 1 is 0.863 bits per heavy atom. The molecule has 7 rings (SSSR count). The number of nitrogens with zero attached hydrogens (tertiary/aromatic N) is 1. The lowest BCUT2D eigenvalue weighted by atomic mass is 9.33. The molecule has 1 heterocycles. The van der Waals surface area contributed by atoms with Crippen LogP contribution >= 0.6 is 0 Å². The Bertz CT molecular complexity index is 1590. The summed E-state index contributed by atoms with van der Waals surface area (Å²) < 4.78 is 6.26. The molecule has 5 fully saturated rings. The Kier molecular flexibility index (Phi) is 9.16. The number of carbonyl (C=O) groups is 3. The highest BCUT2D eigenvalue weighted by Crippen LogP contribution is 2.76. The van der Waals surface area contributed by atoms with Crippen molar-refractivity contribution >= 4 is 17.8 Å². The summed E-state index contributed by atoms with van der Waals surface area (Å²) in [6.07, 6.45) is 15.1. The monoisotopic (exact) mass is 700 g/mol. The van der Waals surface area contributed by atoms with Crippen molar-refractivity contribution in [2.45, 2.75) is 132 Å². The molecule has 1 aromatic rings. The van der Waals surface area contributed by atoms with E-state index in [-0.39, 0.29) is 55.6 Å². The van der Waals surface area contributed by atoms with Gasteiger partial charge in [0, 0.05) is 18.5 Å². The fourth-order valence-electron chi connectivity index (χ4n) is 13.4. The highest BCUT2D eigenvalue weighted by molar-refractivity contribution is 6.02. The number of amides is 1. The summed E-state index contributed by atoms with van der Waals surface area (Å²) >= 11 is 0. The van der Waals surface area contributed by atoms with Gasteiger partial charge in [0.15, 0.2) is 0 Å². The number of rotatable bonds is 7. The second kappa shape index (κ2) is 12.7. The number of hydrogen-bond acceptors (Lipinski definition) is 5. The number of fused-ring (bicyclic) bond motifs is 7. The number of hydrogen-bond donors (Lipinski definition) is 2. The lowest BCUT2D eigenvalue weighted by molar-refractivity contribution is -0.204. The number of esters is 1. The van der Waals surface area contributed by atoms with E-state index in [1.165, 1.54) is 18.9 Å². The SMILES string of the molecule is CC1(C)CC[C@]2(C(=O)NCCN3CCCC3)CC[C@]3(C)C(=CC[C@@H]4[C@@]5(C)CC[C@H](OC(=O)c6ccccc6C(=O)O)C(C)(C)[C@@H]5CC[C@]43C)[C@@H]2C1. The van der Waals surface area contributed by atoms with Gasteiger partial charge in [-0.2, -0.15) is 0 Å². The maximum Gasteiger partial charge on any atom is 0.339 e. The van der Waals surface area contributed by atoms with Gasteiger partial charge in [0.05, 0.1) is 16.5 Å². The summed E-state index contributed by atoms with van der Waals surface area (Å²) in [6.45, 7) is 21.2. The van der Waals surface area contributed by atoms with Crippen LogP contribution in [0.25, 0.3) is 0 Å². The van der Waals surface area contributed by atoms with Crippen molar-refractivity contribution in [2.75, 3.05) is 26.2 Å². The zero-order chi connectivity index (χ0) is 36.6. The van der Waals surface area contributed by atoms with E-state index in [1.54, 1.807) is 23.8 Å². The van der Waals surface area contributed by atoms with Crippen LogP contribution in [0, 0.1) is 50.2 Å². The standard InChI is InChI=1S/C44H64N2O5/c1-39(2)20-22-44(38(50)45-24-27-46-25-10-11-26-46)23-21-42(6)31(32(44)28-39)14-15-34-41(5)18-17-35(40(3,4)33(41)16-19-43(34,42)7)51-37(49)30-13-9-8-12-29(30)36(47)48/h8-9,12-14,32-35H,10-11,15-28H2,1-7H3,(H,45,50)(H,47,48)/t32-,33-,34+,35-,41-,42+,43+,44-/m0/s1. The Labute approximate surface area is 306 Å². The molecule has 51 heavy (non-hydrogen) atoms. The predicted octanol–water partition coefficient (Wildman–Crippen LogP) is 8.92. The molecular weight excluding hydrogens is 636 g/mol. The first-order valence-electron chi connectivity index (χ1n) is 20.2. The van der Waals surface area contributed by atoms with Crippen LogP contribution in [-0.2, 0) is 9.53 Å². The first-order valence-corrected chi connectivity index (χ1v) is 20.2. The highest BCUT2D eigenvalue weighted by atomic mass is 16.5. The van der Waals surface area contributed by atoms with Crippen molar-refractivity contribution in [3.05, 3.63) is 47.0 Å². The second-order valence-electron chi connectivity index (χ2n) is 19.8. The summed E-state index contributed by atoms with van der Waals surface area (Å²) in [7, 11) is 0. The maximum absolute atomic E-state index is 14.4. The van der Waals surface area contributed by atoms with Gasteiger partial charge < -0.3 is 20.1 Å². The van der Waals surface area contributed by atoms with Crippen LogP contribution in [0.1, 0.15) is 146 Å². The molecule has 2 N–H and O–H groups in total. The van der Waals surface area contributed by atoms with Gasteiger partial charge in [0.25, 0.3) is 0 Å². The molecule has 280 valence electrons. The number of nitrogens with one attached hydrogen (secondary N) is 1. The van der Waals surface area contributed by atoms with E-state index >= 15 is 0 Å². The van der Waals surface area contributed by atoms with E-state index in [2.05, 4.69) is 64.8 Å². The van der Waals surface area contributed by atoms with Crippen molar-refractivity contribution < 1.29 is 24.2 Å². The molecule has 0 aromatic heterocycles. The summed E-state index contributed by atoms with van der Waals surface area (Å²) in [5.74, 6) is -0.170. The number of likely N-dealkylation sites (tertiary alicyclic amines) is 1. The molecular formula is C44H64N2O5. The van der Waals surface area contributed by atoms with Crippen molar-refractivity contribution in [2.24, 2.45) is 50.2 Å². The number of carboxylic acids is 1. The molecule has 7 heteroatoms. The summed E-state index contributed by atoms with van der Waals surface area (Å²) in [4.78, 5) is 42.3. The molecule has 1 saturated heterocycles. The van der Waals surface area contributed by atoms with Crippen LogP contribution < -0.4 is 5.32 Å². The van der Waals surface area contributed by atoms with Gasteiger partial charge in [-0.05, 0) is 142 Å². The lowest BCUT2D eigenvalue weighted by Gasteiger charge is -2.71. The van der Waals surface area contributed by atoms with Crippen molar-refractivity contribution in [3.8, 4) is 0 Å². The third-order valence-electron chi connectivity index (χ3n) is 16.6. The van der Waals surface area contributed by atoms with Gasteiger partial charge in [0.2, 0.25) is 5.91 Å². The van der Waals surface area contributed by atoms with Crippen molar-refractivity contribution in [1.29, 1.82) is 0 Å². The minimum Gasteiger partial charge on any atom is -0.478 e. The molecule has 7 nitrogen and oxygen atoms in total. The van der Waals surface area contributed by atoms with Crippen LogP contribution in [0.3, 0.4) is 0 Å². The normalized spacial score (nSPS) is 39.7. The lowest BCUT2D eigenvalue weighted by Crippen LogP contribution is -2.65. The molecule has 0 spiro atoms. The molecule has 0 bridgehead atoms. The van der Waals surface area contributed by atoms with Crippen LogP contribution in [0.5, 0.6) is 0 Å². The average Bonchev–Trinajstić information content (AvgIpc) is 3.59. The number of carboxylic acid groups (broad SMARTS) is 1. The first kappa shape index (κ1) is 36.7. The number of benzene rings is 1. The third-order valence-corrected chi connectivity index (χ3v) is 16.6. The molecule has 4 saturated carbocycles. The van der Waals surface area contributed by atoms with E-state index in [4.69, 9.17) is 4.74 Å². The zero-order valence-corrected chi connectivity index (χ0v) is 32.5. The maximum atomic E-state index is 14.4. The van der Waals surface area contributed by atoms with Crippen LogP contribution in [0.4, 0.5) is 0 Å². The van der Waals surface area contributed by atoms with Crippen molar-refractivity contribution in [1.82, 2.24) is 10.2 Å². The van der Waals surface area contributed by atoms with E-state index in [0.29, 0.717) is 17.7 Å². The summed E-state index contributed by atoms with van der Waals surface area (Å²) in [5.41, 5.74) is 1.60. The van der Waals surface area contributed by atoms with E-state index in [9.17, 15) is 19.5 Å². The van der Waals surface area contributed by atoms with Gasteiger partial charge in [-0.3, -0.25) is 4.79 Å². The van der Waals surface area contributed by atoms with Crippen molar-refractivity contribution in [3.63, 3.8) is 0 Å². The van der Waals surface area contributed by atoms with Gasteiger partial charge in [-0.25, -0.2) is 9.59 Å². The average molecular weight is 701 g/mol. The smallest absolute Gasteiger partial charge is 0.339 e. The largest absolute Gasteiger partial charge is 0.478 e. The van der Waals surface area contributed by atoms with Gasteiger partial charge in [-0.15, -0.1) is 0 Å². The predicted molar refractivity (Wildman–Crippen MR) is 200 cm³/mol. The van der Waals surface area contributed by atoms with E-state index in [1.807, 2.05) is 0 Å². The quantitative estimate of drug-likeness (QED) is 0.218. The van der Waals surface area contributed by atoms with Gasteiger partial charge in [0.1, 0.15) is 6.10 Å². The molecule has 1 aromatic carbocycles. The minimum absolute atomic E-state index is 0.00940. The fourth-order valence-corrected chi connectivity index (χ4v) is 13.4. The molecule has 5 aliphatic carbocycles. The fraction of sp³-hybridized carbons (Fsp3) is 0.750. The number of aromatic carboxylic acids is 1. The molecule has 6 aliphatic rings. The Morgan fingerprint density at radius 3 is 2.25 bits per heavy atom. The first-order chi connectivity index (χ1) is 24.0. The van der Waals surface area contributed by atoms with Crippen LogP contribution in [0.15, 0.2) is 35.9 Å². The molecule has 1 amide bonds. The Morgan fingerprint density at radius 2 is 1.55 bits per heavy atom. The number of ether oxygens (including phenoxy) is 1. The minimum atomic E-state index is -1.11. The van der Waals surface area contributed by atoms with Gasteiger partial charge in [-0.1, -0.05) is 72.2 Å². The Balaban J connectivity index is 1.15. The van der Waals surface area contributed by atoms with E-state index < -0.39 is 11.9 Å². The van der Waals surface area contributed by atoms with Gasteiger partial charge >= 0.3 is 11.9 Å². The molecule has 0 unspecified atom stereocenters. The van der Waals surface area contributed by atoms with E-state index in [0.717, 1.165) is 90.4 Å². The zero-order valence-electron chi connectivity index (χ0n) is 32.5. The molecule has 0 radical (unpaired) electrons.